The number of ether oxygens (including phenoxy) is 1. The summed E-state index contributed by atoms with van der Waals surface area (Å²) in [6.07, 6.45) is 0.738. The number of Topliss-reactive ketones (excluding diaryl/α,β-unsaturated/α-hetero) is 1. The standard InChI is InChI=1S/C22H26N2O4S/c1-4-28-16-9-5-8-15(14-16)20(25)18-19(17-10-6-13-29-17)24(22(27)21(18)26)12-7-11-23(2)3/h5-6,8-10,13-14,19,25H,4,7,11-12H2,1-3H3/t19-/m1/s1. The number of thiophene rings is 1. The zero-order valence-corrected chi connectivity index (χ0v) is 17.7. The van der Waals surface area contributed by atoms with Gasteiger partial charge in [0.15, 0.2) is 0 Å². The van der Waals surface area contributed by atoms with Crippen LogP contribution in [-0.2, 0) is 9.59 Å². The zero-order chi connectivity index (χ0) is 21.0. The van der Waals surface area contributed by atoms with E-state index in [9.17, 15) is 14.7 Å². The molecule has 1 aliphatic heterocycles. The summed E-state index contributed by atoms with van der Waals surface area (Å²) in [6, 6.07) is 10.1. The van der Waals surface area contributed by atoms with Gasteiger partial charge in [-0.2, -0.15) is 0 Å². The van der Waals surface area contributed by atoms with E-state index in [-0.39, 0.29) is 11.3 Å². The minimum Gasteiger partial charge on any atom is -0.507 e. The molecule has 2 aromatic rings. The maximum absolute atomic E-state index is 12.9. The van der Waals surface area contributed by atoms with Crippen LogP contribution < -0.4 is 4.74 Å². The third kappa shape index (κ3) is 4.52. The number of amides is 1. The first-order valence-electron chi connectivity index (χ1n) is 9.63. The molecule has 0 bridgehead atoms. The molecule has 1 aliphatic rings. The number of hydrogen-bond donors (Lipinski definition) is 1. The van der Waals surface area contributed by atoms with Gasteiger partial charge in [-0.15, -0.1) is 11.3 Å². The minimum atomic E-state index is -0.646. The minimum absolute atomic E-state index is 0.135. The van der Waals surface area contributed by atoms with E-state index in [1.54, 1.807) is 29.2 Å². The van der Waals surface area contributed by atoms with Crippen molar-refractivity contribution < 1.29 is 19.4 Å². The molecule has 0 spiro atoms. The van der Waals surface area contributed by atoms with E-state index in [1.807, 2.05) is 43.4 Å². The lowest BCUT2D eigenvalue weighted by atomic mass is 9.99. The molecular formula is C22H26N2O4S. The molecule has 29 heavy (non-hydrogen) atoms. The number of ketones is 1. The van der Waals surface area contributed by atoms with Gasteiger partial charge in [-0.05, 0) is 57.6 Å². The SMILES string of the molecule is CCOc1cccc(C(O)=C2C(=O)C(=O)N(CCCN(C)C)[C@@H]2c2cccs2)c1. The predicted molar refractivity (Wildman–Crippen MR) is 114 cm³/mol. The van der Waals surface area contributed by atoms with Crippen LogP contribution in [0.2, 0.25) is 0 Å². The number of hydrogen-bond acceptors (Lipinski definition) is 6. The molecule has 0 unspecified atom stereocenters. The Balaban J connectivity index is 2.03. The number of aliphatic hydroxyl groups excluding tert-OH is 1. The maximum Gasteiger partial charge on any atom is 0.295 e. The second-order valence-electron chi connectivity index (χ2n) is 7.13. The maximum atomic E-state index is 12.9. The molecule has 154 valence electrons. The van der Waals surface area contributed by atoms with Gasteiger partial charge in [-0.25, -0.2) is 0 Å². The quantitative estimate of drug-likeness (QED) is 0.407. The molecule has 1 aromatic heterocycles. The molecule has 1 amide bonds. The predicted octanol–water partition coefficient (Wildman–Crippen LogP) is 3.52. The number of likely N-dealkylation sites (tertiary alicyclic amines) is 1. The van der Waals surface area contributed by atoms with Crippen LogP contribution in [0.4, 0.5) is 0 Å². The molecule has 1 aromatic carbocycles. The fourth-order valence-electron chi connectivity index (χ4n) is 3.47. The highest BCUT2D eigenvalue weighted by molar-refractivity contribution is 7.10. The van der Waals surface area contributed by atoms with Crippen molar-refractivity contribution in [1.29, 1.82) is 0 Å². The van der Waals surface area contributed by atoms with E-state index >= 15 is 0 Å². The Morgan fingerprint density at radius 2 is 2.03 bits per heavy atom. The number of benzene rings is 1. The van der Waals surface area contributed by atoms with Crippen LogP contribution in [0.15, 0.2) is 47.4 Å². The summed E-state index contributed by atoms with van der Waals surface area (Å²) >= 11 is 1.47. The van der Waals surface area contributed by atoms with Crippen molar-refractivity contribution in [2.75, 3.05) is 33.8 Å². The van der Waals surface area contributed by atoms with Crippen LogP contribution in [0, 0.1) is 0 Å². The van der Waals surface area contributed by atoms with Crippen LogP contribution in [0.5, 0.6) is 5.75 Å². The smallest absolute Gasteiger partial charge is 0.295 e. The van der Waals surface area contributed by atoms with Crippen molar-refractivity contribution in [2.45, 2.75) is 19.4 Å². The first-order valence-corrected chi connectivity index (χ1v) is 10.5. The summed E-state index contributed by atoms with van der Waals surface area (Å²) in [4.78, 5) is 30.2. The van der Waals surface area contributed by atoms with Crippen molar-refractivity contribution in [3.63, 3.8) is 0 Å². The molecule has 2 heterocycles. The molecule has 0 saturated carbocycles. The van der Waals surface area contributed by atoms with Gasteiger partial charge in [0.05, 0.1) is 18.2 Å². The Hall–Kier alpha value is -2.64. The first-order chi connectivity index (χ1) is 13.9. The van der Waals surface area contributed by atoms with Gasteiger partial charge in [0.25, 0.3) is 11.7 Å². The van der Waals surface area contributed by atoms with Gasteiger partial charge in [-0.3, -0.25) is 9.59 Å². The molecule has 7 heteroatoms. The Morgan fingerprint density at radius 3 is 2.69 bits per heavy atom. The van der Waals surface area contributed by atoms with E-state index in [0.717, 1.165) is 17.8 Å². The summed E-state index contributed by atoms with van der Waals surface area (Å²) in [6.45, 7) is 3.62. The molecule has 0 aliphatic carbocycles. The van der Waals surface area contributed by atoms with E-state index in [4.69, 9.17) is 4.74 Å². The molecular weight excluding hydrogens is 388 g/mol. The highest BCUT2D eigenvalue weighted by Gasteiger charge is 2.46. The Morgan fingerprint density at radius 1 is 1.24 bits per heavy atom. The van der Waals surface area contributed by atoms with Gasteiger partial charge in [0.1, 0.15) is 11.5 Å². The normalized spacial score (nSPS) is 18.6. The fraction of sp³-hybridized carbons (Fsp3) is 0.364. The van der Waals surface area contributed by atoms with Crippen LogP contribution in [0.3, 0.4) is 0 Å². The Bertz CT molecular complexity index is 905. The van der Waals surface area contributed by atoms with Crippen LogP contribution >= 0.6 is 11.3 Å². The lowest BCUT2D eigenvalue weighted by molar-refractivity contribution is -0.139. The largest absolute Gasteiger partial charge is 0.507 e. The van der Waals surface area contributed by atoms with Crippen molar-refractivity contribution in [3.8, 4) is 5.75 Å². The molecule has 1 atom stereocenters. The number of aliphatic hydroxyl groups is 1. The highest BCUT2D eigenvalue weighted by atomic mass is 32.1. The van der Waals surface area contributed by atoms with E-state index in [1.165, 1.54) is 11.3 Å². The van der Waals surface area contributed by atoms with Crippen LogP contribution in [0.1, 0.15) is 29.8 Å². The second-order valence-corrected chi connectivity index (χ2v) is 8.10. The van der Waals surface area contributed by atoms with Crippen LogP contribution in [0.25, 0.3) is 5.76 Å². The van der Waals surface area contributed by atoms with E-state index in [2.05, 4.69) is 0 Å². The zero-order valence-electron chi connectivity index (χ0n) is 16.9. The van der Waals surface area contributed by atoms with Gasteiger partial charge < -0.3 is 19.6 Å². The number of carbonyl (C=O) groups is 2. The van der Waals surface area contributed by atoms with Gasteiger partial charge >= 0.3 is 0 Å². The van der Waals surface area contributed by atoms with Crippen molar-refractivity contribution in [2.24, 2.45) is 0 Å². The summed E-state index contributed by atoms with van der Waals surface area (Å²) in [5.41, 5.74) is 0.597. The monoisotopic (exact) mass is 414 g/mol. The van der Waals surface area contributed by atoms with E-state index < -0.39 is 17.7 Å². The number of carbonyl (C=O) groups excluding carboxylic acids is 2. The lowest BCUT2D eigenvalue weighted by Gasteiger charge is -2.24. The van der Waals surface area contributed by atoms with Crippen LogP contribution in [-0.4, -0.2) is 60.4 Å². The third-order valence-corrected chi connectivity index (χ3v) is 5.70. The number of nitrogens with zero attached hydrogens (tertiary/aromatic N) is 2. The number of rotatable bonds is 8. The summed E-state index contributed by atoms with van der Waals surface area (Å²) in [5.74, 6) is -0.778. The summed E-state index contributed by atoms with van der Waals surface area (Å²) in [7, 11) is 3.94. The Kier molecular flexibility index (Phi) is 6.71. The molecule has 1 fully saturated rings. The third-order valence-electron chi connectivity index (χ3n) is 4.78. The average Bonchev–Trinajstić information content (AvgIpc) is 3.30. The molecule has 0 radical (unpaired) electrons. The van der Waals surface area contributed by atoms with Gasteiger partial charge in [0, 0.05) is 17.0 Å². The van der Waals surface area contributed by atoms with Crippen molar-refractivity contribution in [1.82, 2.24) is 9.80 Å². The molecule has 3 rings (SSSR count). The second kappa shape index (κ2) is 9.24. The summed E-state index contributed by atoms with van der Waals surface area (Å²) in [5, 5.41) is 12.9. The lowest BCUT2D eigenvalue weighted by Crippen LogP contribution is -2.32. The molecule has 1 N–H and O–H groups in total. The van der Waals surface area contributed by atoms with Crippen molar-refractivity contribution >= 4 is 28.8 Å². The van der Waals surface area contributed by atoms with Crippen molar-refractivity contribution in [3.05, 3.63) is 57.8 Å². The fourth-order valence-corrected chi connectivity index (χ4v) is 4.31. The van der Waals surface area contributed by atoms with Gasteiger partial charge in [0.2, 0.25) is 0 Å². The molecule has 1 saturated heterocycles. The Labute approximate surface area is 175 Å². The highest BCUT2D eigenvalue weighted by Crippen LogP contribution is 2.41. The molecule has 6 nitrogen and oxygen atoms in total. The average molecular weight is 415 g/mol. The topological polar surface area (TPSA) is 70.1 Å². The first kappa shape index (κ1) is 21.1. The summed E-state index contributed by atoms with van der Waals surface area (Å²) < 4.78 is 5.50. The van der Waals surface area contributed by atoms with Gasteiger partial charge in [-0.1, -0.05) is 18.2 Å². The van der Waals surface area contributed by atoms with E-state index in [0.29, 0.717) is 24.5 Å².